The van der Waals surface area contributed by atoms with E-state index in [1.54, 1.807) is 7.11 Å². The van der Waals surface area contributed by atoms with Crippen molar-refractivity contribution in [1.82, 2.24) is 5.32 Å². The van der Waals surface area contributed by atoms with Gasteiger partial charge in [-0.1, -0.05) is 38.5 Å². The number of para-hydroxylation sites is 1. The van der Waals surface area contributed by atoms with Crippen LogP contribution in [0.1, 0.15) is 57.6 Å². The monoisotopic (exact) mass is 291 g/mol. The van der Waals surface area contributed by atoms with Crippen LogP contribution in [-0.2, 0) is 4.74 Å². The number of benzene rings is 1. The fourth-order valence-electron chi connectivity index (χ4n) is 3.22. The van der Waals surface area contributed by atoms with Gasteiger partial charge in [0.25, 0.3) is 0 Å². The number of ether oxygens (including phenoxy) is 2. The molecule has 3 atom stereocenters. The quantitative estimate of drug-likeness (QED) is 0.821. The van der Waals surface area contributed by atoms with Crippen LogP contribution in [0.3, 0.4) is 0 Å². The van der Waals surface area contributed by atoms with Gasteiger partial charge in [0.2, 0.25) is 0 Å². The van der Waals surface area contributed by atoms with Crippen LogP contribution < -0.4 is 10.1 Å². The highest BCUT2D eigenvalue weighted by Crippen LogP contribution is 2.29. The largest absolute Gasteiger partial charge is 0.496 e. The standard InChI is InChI=1S/C18H29NO2/c1-4-8-15-13-14(11-12-21-15)19-17(5-2)16-9-6-7-10-18(16)20-3/h6-7,9-10,14-15,17,19H,4-5,8,11-13H2,1-3H3. The maximum Gasteiger partial charge on any atom is 0.123 e. The molecule has 21 heavy (non-hydrogen) atoms. The van der Waals surface area contributed by atoms with Gasteiger partial charge >= 0.3 is 0 Å². The Balaban J connectivity index is 2.01. The van der Waals surface area contributed by atoms with Gasteiger partial charge in [0, 0.05) is 24.3 Å². The molecule has 3 unspecified atom stereocenters. The van der Waals surface area contributed by atoms with Gasteiger partial charge in [-0.15, -0.1) is 0 Å². The highest BCUT2D eigenvalue weighted by Gasteiger charge is 2.25. The van der Waals surface area contributed by atoms with Crippen LogP contribution in [0.25, 0.3) is 0 Å². The van der Waals surface area contributed by atoms with Gasteiger partial charge in [0.05, 0.1) is 13.2 Å². The molecular formula is C18H29NO2. The topological polar surface area (TPSA) is 30.5 Å². The van der Waals surface area contributed by atoms with Crippen LogP contribution in [0.4, 0.5) is 0 Å². The first kappa shape index (κ1) is 16.3. The normalized spacial score (nSPS) is 23.8. The molecule has 2 rings (SSSR count). The molecule has 0 amide bonds. The highest BCUT2D eigenvalue weighted by atomic mass is 16.5. The lowest BCUT2D eigenvalue weighted by atomic mass is 9.96. The van der Waals surface area contributed by atoms with E-state index >= 15 is 0 Å². The summed E-state index contributed by atoms with van der Waals surface area (Å²) < 4.78 is 11.4. The van der Waals surface area contributed by atoms with Crippen molar-refractivity contribution in [2.24, 2.45) is 0 Å². The van der Waals surface area contributed by atoms with Crippen LogP contribution in [0.15, 0.2) is 24.3 Å². The number of hydrogen-bond donors (Lipinski definition) is 1. The summed E-state index contributed by atoms with van der Waals surface area (Å²) in [6.45, 7) is 5.34. The van der Waals surface area contributed by atoms with Crippen LogP contribution in [0, 0.1) is 0 Å². The first-order valence-electron chi connectivity index (χ1n) is 8.29. The van der Waals surface area contributed by atoms with Gasteiger partial charge in [-0.25, -0.2) is 0 Å². The van der Waals surface area contributed by atoms with Crippen molar-refractivity contribution in [2.45, 2.75) is 64.1 Å². The molecule has 1 saturated heterocycles. The Labute approximate surface area is 129 Å². The van der Waals surface area contributed by atoms with Crippen LogP contribution >= 0.6 is 0 Å². The summed E-state index contributed by atoms with van der Waals surface area (Å²) in [7, 11) is 1.75. The zero-order chi connectivity index (χ0) is 15.1. The Morgan fingerprint density at radius 2 is 2.14 bits per heavy atom. The third-order valence-electron chi connectivity index (χ3n) is 4.34. The predicted molar refractivity (Wildman–Crippen MR) is 86.8 cm³/mol. The summed E-state index contributed by atoms with van der Waals surface area (Å²) in [6.07, 6.45) is 6.09. The third-order valence-corrected chi connectivity index (χ3v) is 4.34. The Morgan fingerprint density at radius 3 is 2.86 bits per heavy atom. The smallest absolute Gasteiger partial charge is 0.123 e. The van der Waals surface area contributed by atoms with E-state index < -0.39 is 0 Å². The second-order valence-electron chi connectivity index (χ2n) is 5.87. The van der Waals surface area contributed by atoms with Gasteiger partial charge in [0.1, 0.15) is 5.75 Å². The van der Waals surface area contributed by atoms with Crippen molar-refractivity contribution in [3.63, 3.8) is 0 Å². The molecule has 0 spiro atoms. The summed E-state index contributed by atoms with van der Waals surface area (Å²) in [5.74, 6) is 0.981. The lowest BCUT2D eigenvalue weighted by molar-refractivity contribution is -0.00519. The molecule has 3 heteroatoms. The molecule has 3 nitrogen and oxygen atoms in total. The van der Waals surface area contributed by atoms with Gasteiger partial charge in [-0.3, -0.25) is 0 Å². The van der Waals surface area contributed by atoms with Crippen molar-refractivity contribution in [2.75, 3.05) is 13.7 Å². The van der Waals surface area contributed by atoms with E-state index in [4.69, 9.17) is 9.47 Å². The molecule has 0 saturated carbocycles. The van der Waals surface area contributed by atoms with Crippen LogP contribution in [-0.4, -0.2) is 25.9 Å². The Kier molecular flexibility index (Phi) is 6.52. The SMILES string of the molecule is CCCC1CC(NC(CC)c2ccccc2OC)CCO1. The third kappa shape index (κ3) is 4.45. The average molecular weight is 291 g/mol. The molecule has 1 aliphatic rings. The molecule has 1 aromatic carbocycles. The Hall–Kier alpha value is -1.06. The maximum atomic E-state index is 5.85. The van der Waals surface area contributed by atoms with E-state index in [0.717, 1.165) is 31.6 Å². The minimum atomic E-state index is 0.353. The molecule has 118 valence electrons. The van der Waals surface area contributed by atoms with Gasteiger partial charge in [-0.05, 0) is 31.7 Å². The molecule has 0 aliphatic carbocycles. The van der Waals surface area contributed by atoms with Gasteiger partial charge < -0.3 is 14.8 Å². The van der Waals surface area contributed by atoms with Crippen molar-refractivity contribution in [3.05, 3.63) is 29.8 Å². The highest BCUT2D eigenvalue weighted by molar-refractivity contribution is 5.35. The van der Waals surface area contributed by atoms with E-state index in [1.165, 1.54) is 18.4 Å². The summed E-state index contributed by atoms with van der Waals surface area (Å²) in [5, 5.41) is 3.83. The van der Waals surface area contributed by atoms with E-state index in [1.807, 2.05) is 12.1 Å². The molecule has 1 aliphatic heterocycles. The summed E-state index contributed by atoms with van der Waals surface area (Å²) in [5.41, 5.74) is 1.26. The lowest BCUT2D eigenvalue weighted by Gasteiger charge is -2.33. The molecule has 1 fully saturated rings. The Morgan fingerprint density at radius 1 is 1.33 bits per heavy atom. The lowest BCUT2D eigenvalue weighted by Crippen LogP contribution is -2.40. The first-order chi connectivity index (χ1) is 10.3. The van der Waals surface area contributed by atoms with E-state index in [0.29, 0.717) is 18.2 Å². The van der Waals surface area contributed by atoms with E-state index in [9.17, 15) is 0 Å². The van der Waals surface area contributed by atoms with E-state index in [2.05, 4.69) is 31.3 Å². The number of hydrogen-bond acceptors (Lipinski definition) is 3. The van der Waals surface area contributed by atoms with Crippen molar-refractivity contribution < 1.29 is 9.47 Å². The average Bonchev–Trinajstić information content (AvgIpc) is 2.53. The molecular weight excluding hydrogens is 262 g/mol. The van der Waals surface area contributed by atoms with Crippen molar-refractivity contribution in [1.29, 1.82) is 0 Å². The minimum absolute atomic E-state index is 0.353. The second kappa shape index (κ2) is 8.40. The van der Waals surface area contributed by atoms with Crippen molar-refractivity contribution >= 4 is 0 Å². The summed E-state index contributed by atoms with van der Waals surface area (Å²) in [4.78, 5) is 0. The Bertz CT molecular complexity index is 419. The zero-order valence-electron chi connectivity index (χ0n) is 13.6. The van der Waals surface area contributed by atoms with Crippen LogP contribution in [0.5, 0.6) is 5.75 Å². The van der Waals surface area contributed by atoms with Crippen LogP contribution in [0.2, 0.25) is 0 Å². The predicted octanol–water partition coefficient (Wildman–Crippen LogP) is 4.08. The molecule has 1 heterocycles. The second-order valence-corrected chi connectivity index (χ2v) is 5.87. The van der Waals surface area contributed by atoms with Crippen molar-refractivity contribution in [3.8, 4) is 5.75 Å². The fourth-order valence-corrected chi connectivity index (χ4v) is 3.22. The number of rotatable bonds is 7. The van der Waals surface area contributed by atoms with Gasteiger partial charge in [0.15, 0.2) is 0 Å². The maximum absolute atomic E-state index is 5.85. The molecule has 0 radical (unpaired) electrons. The fraction of sp³-hybridized carbons (Fsp3) is 0.667. The molecule has 1 N–H and O–H groups in total. The summed E-state index contributed by atoms with van der Waals surface area (Å²) >= 11 is 0. The number of methoxy groups -OCH3 is 1. The summed E-state index contributed by atoms with van der Waals surface area (Å²) in [6, 6.07) is 9.23. The molecule has 1 aromatic rings. The minimum Gasteiger partial charge on any atom is -0.496 e. The first-order valence-corrected chi connectivity index (χ1v) is 8.29. The molecule has 0 bridgehead atoms. The van der Waals surface area contributed by atoms with E-state index in [-0.39, 0.29) is 0 Å². The zero-order valence-corrected chi connectivity index (χ0v) is 13.6. The number of nitrogens with one attached hydrogen (secondary N) is 1. The van der Waals surface area contributed by atoms with Gasteiger partial charge in [-0.2, -0.15) is 0 Å². The molecule has 0 aromatic heterocycles.